The molecule has 2 heterocycles. The van der Waals surface area contributed by atoms with Crippen molar-refractivity contribution in [1.82, 2.24) is 14.5 Å². The number of nitrogens with one attached hydrogen (secondary N) is 1. The van der Waals surface area contributed by atoms with Crippen LogP contribution in [0.4, 0.5) is 0 Å². The number of hydrogen-bond donors (Lipinski definition) is 1. The van der Waals surface area contributed by atoms with E-state index < -0.39 is 10.0 Å². The van der Waals surface area contributed by atoms with Gasteiger partial charge in [0, 0.05) is 44.3 Å². The molecule has 1 aromatic heterocycles. The van der Waals surface area contributed by atoms with E-state index in [0.717, 1.165) is 4.88 Å². The van der Waals surface area contributed by atoms with Gasteiger partial charge in [-0.1, -0.05) is 29.3 Å². The lowest BCUT2D eigenvalue weighted by atomic mass is 10.2. The van der Waals surface area contributed by atoms with Crippen LogP contribution >= 0.6 is 34.5 Å². The first-order chi connectivity index (χ1) is 13.3. The Morgan fingerprint density at radius 2 is 1.89 bits per heavy atom. The number of carbonyl (C=O) groups is 1. The van der Waals surface area contributed by atoms with Gasteiger partial charge >= 0.3 is 0 Å². The van der Waals surface area contributed by atoms with Gasteiger partial charge in [-0.3, -0.25) is 9.69 Å². The normalized spacial score (nSPS) is 15.8. The lowest BCUT2D eigenvalue weighted by Gasteiger charge is -2.34. The van der Waals surface area contributed by atoms with Crippen molar-refractivity contribution in [2.45, 2.75) is 11.8 Å². The van der Waals surface area contributed by atoms with E-state index in [2.05, 4.69) is 9.62 Å². The molecule has 0 aliphatic carbocycles. The fourth-order valence-electron chi connectivity index (χ4n) is 2.98. The van der Waals surface area contributed by atoms with Crippen LogP contribution in [0.15, 0.2) is 34.5 Å². The molecular formula is C18H21Cl2N3O3S2. The van der Waals surface area contributed by atoms with Gasteiger partial charge in [-0.15, -0.1) is 11.3 Å². The molecule has 0 unspecified atom stereocenters. The smallest absolute Gasteiger partial charge is 0.264 e. The molecule has 152 valence electrons. The fourth-order valence-corrected chi connectivity index (χ4v) is 5.52. The van der Waals surface area contributed by atoms with E-state index >= 15 is 0 Å². The Hall–Kier alpha value is -1.16. The van der Waals surface area contributed by atoms with Crippen molar-refractivity contribution in [3.05, 3.63) is 50.1 Å². The van der Waals surface area contributed by atoms with Crippen LogP contribution in [-0.4, -0.2) is 63.4 Å². The molecule has 1 fully saturated rings. The van der Waals surface area contributed by atoms with Gasteiger partial charge in [-0.05, 0) is 36.1 Å². The Balaban J connectivity index is 1.49. The molecule has 1 amide bonds. The van der Waals surface area contributed by atoms with Crippen molar-refractivity contribution < 1.29 is 13.2 Å². The number of benzene rings is 1. The molecule has 10 heteroatoms. The van der Waals surface area contributed by atoms with E-state index in [4.69, 9.17) is 23.2 Å². The zero-order valence-electron chi connectivity index (χ0n) is 15.3. The van der Waals surface area contributed by atoms with Crippen LogP contribution in [0.25, 0.3) is 0 Å². The maximum Gasteiger partial charge on any atom is 0.264 e. The number of piperazine rings is 1. The molecule has 1 saturated heterocycles. The zero-order valence-corrected chi connectivity index (χ0v) is 18.5. The summed E-state index contributed by atoms with van der Waals surface area (Å²) in [6.07, 6.45) is 0. The molecular weight excluding hydrogens is 441 g/mol. The molecule has 2 aromatic rings. The highest BCUT2D eigenvalue weighted by Gasteiger charge is 2.23. The number of hydrogen-bond acceptors (Lipinski definition) is 5. The third-order valence-corrected chi connectivity index (χ3v) is 7.81. The van der Waals surface area contributed by atoms with Crippen molar-refractivity contribution in [2.24, 2.45) is 0 Å². The van der Waals surface area contributed by atoms with E-state index in [1.807, 2.05) is 22.4 Å². The van der Waals surface area contributed by atoms with Crippen LogP contribution in [0.2, 0.25) is 10.0 Å². The van der Waals surface area contributed by atoms with Crippen molar-refractivity contribution in [2.75, 3.05) is 39.3 Å². The molecule has 0 saturated carbocycles. The summed E-state index contributed by atoms with van der Waals surface area (Å²) in [4.78, 5) is 17.1. The summed E-state index contributed by atoms with van der Waals surface area (Å²) in [5, 5.41) is 2.42. The summed E-state index contributed by atoms with van der Waals surface area (Å²) in [7, 11) is -3.72. The summed E-state index contributed by atoms with van der Waals surface area (Å²) in [5.41, 5.74) is 0.651. The average Bonchev–Trinajstić information content (AvgIpc) is 3.19. The maximum atomic E-state index is 12.5. The number of thiophene rings is 1. The molecule has 3 rings (SSSR count). The van der Waals surface area contributed by atoms with Crippen LogP contribution in [0.5, 0.6) is 0 Å². The van der Waals surface area contributed by atoms with Gasteiger partial charge in [0.15, 0.2) is 0 Å². The van der Waals surface area contributed by atoms with Gasteiger partial charge in [0.1, 0.15) is 4.90 Å². The second kappa shape index (κ2) is 9.11. The van der Waals surface area contributed by atoms with Crippen LogP contribution in [0.1, 0.15) is 15.2 Å². The topological polar surface area (TPSA) is 69.7 Å². The second-order valence-corrected chi connectivity index (χ2v) is 10.0. The van der Waals surface area contributed by atoms with Gasteiger partial charge in [-0.25, -0.2) is 13.1 Å². The van der Waals surface area contributed by atoms with Crippen molar-refractivity contribution >= 4 is 50.5 Å². The monoisotopic (exact) mass is 461 g/mol. The summed E-state index contributed by atoms with van der Waals surface area (Å²) in [6.45, 7) is 5.23. The van der Waals surface area contributed by atoms with E-state index in [-0.39, 0.29) is 22.4 Å². The number of carbonyl (C=O) groups excluding carboxylic acids is 1. The quantitative estimate of drug-likeness (QED) is 0.717. The standard InChI is InChI=1S/C18H21Cl2N3O3S2/c1-13-11-17(15(20)12-14(13)19)28(25,26)21-4-5-22-6-8-23(9-7-22)18(24)16-3-2-10-27-16/h2-3,10-12,21H,4-9H2,1H3. The number of halogens is 2. The van der Waals surface area contributed by atoms with E-state index in [1.54, 1.807) is 6.92 Å². The number of sulfonamides is 1. The van der Waals surface area contributed by atoms with Gasteiger partial charge in [0.05, 0.1) is 9.90 Å². The summed E-state index contributed by atoms with van der Waals surface area (Å²) >= 11 is 13.5. The van der Waals surface area contributed by atoms with Gasteiger partial charge in [0.25, 0.3) is 5.91 Å². The third kappa shape index (κ3) is 5.06. The highest BCUT2D eigenvalue weighted by molar-refractivity contribution is 7.89. The highest BCUT2D eigenvalue weighted by atomic mass is 35.5. The molecule has 0 radical (unpaired) electrons. The minimum absolute atomic E-state index is 0.0300. The molecule has 1 N–H and O–H groups in total. The Morgan fingerprint density at radius 1 is 1.18 bits per heavy atom. The first kappa shape index (κ1) is 21.5. The lowest BCUT2D eigenvalue weighted by Crippen LogP contribution is -2.50. The van der Waals surface area contributed by atoms with Crippen LogP contribution in [0, 0.1) is 6.92 Å². The van der Waals surface area contributed by atoms with E-state index in [9.17, 15) is 13.2 Å². The SMILES string of the molecule is Cc1cc(S(=O)(=O)NCCN2CCN(C(=O)c3cccs3)CC2)c(Cl)cc1Cl. The van der Waals surface area contributed by atoms with Crippen molar-refractivity contribution in [3.63, 3.8) is 0 Å². The summed E-state index contributed by atoms with van der Waals surface area (Å²) in [6, 6.07) is 6.62. The summed E-state index contributed by atoms with van der Waals surface area (Å²) < 4.78 is 27.6. The highest BCUT2D eigenvalue weighted by Crippen LogP contribution is 2.28. The molecule has 6 nitrogen and oxygen atoms in total. The molecule has 28 heavy (non-hydrogen) atoms. The van der Waals surface area contributed by atoms with E-state index in [0.29, 0.717) is 43.3 Å². The number of rotatable bonds is 6. The fraction of sp³-hybridized carbons (Fsp3) is 0.389. The summed E-state index contributed by atoms with van der Waals surface area (Å²) in [5.74, 6) is 0.0584. The van der Waals surface area contributed by atoms with Gasteiger partial charge in [-0.2, -0.15) is 0 Å². The van der Waals surface area contributed by atoms with Crippen LogP contribution in [0.3, 0.4) is 0 Å². The van der Waals surface area contributed by atoms with Crippen molar-refractivity contribution in [3.8, 4) is 0 Å². The molecule has 0 bridgehead atoms. The maximum absolute atomic E-state index is 12.5. The molecule has 1 aliphatic rings. The lowest BCUT2D eigenvalue weighted by molar-refractivity contribution is 0.0645. The third-order valence-electron chi connectivity index (χ3n) is 4.61. The average molecular weight is 462 g/mol. The first-order valence-electron chi connectivity index (χ1n) is 8.78. The predicted octanol–water partition coefficient (Wildman–Crippen LogP) is 3.10. The Morgan fingerprint density at radius 3 is 2.54 bits per heavy atom. The number of amides is 1. The number of aryl methyl sites for hydroxylation is 1. The van der Waals surface area contributed by atoms with Crippen LogP contribution < -0.4 is 4.72 Å². The Labute approximate surface area is 179 Å². The zero-order chi connectivity index (χ0) is 20.3. The number of nitrogens with zero attached hydrogens (tertiary/aromatic N) is 2. The molecule has 1 aliphatic heterocycles. The minimum Gasteiger partial charge on any atom is -0.335 e. The molecule has 0 atom stereocenters. The van der Waals surface area contributed by atoms with Gasteiger partial charge in [0.2, 0.25) is 10.0 Å². The first-order valence-corrected chi connectivity index (χ1v) is 11.9. The Kier molecular flexibility index (Phi) is 7.01. The predicted molar refractivity (Wildman–Crippen MR) is 113 cm³/mol. The largest absolute Gasteiger partial charge is 0.335 e. The van der Waals surface area contributed by atoms with Crippen LogP contribution in [-0.2, 0) is 10.0 Å². The molecule has 0 spiro atoms. The van der Waals surface area contributed by atoms with Gasteiger partial charge < -0.3 is 4.90 Å². The van der Waals surface area contributed by atoms with Crippen molar-refractivity contribution in [1.29, 1.82) is 0 Å². The molecule has 1 aromatic carbocycles. The minimum atomic E-state index is -3.72. The van der Waals surface area contributed by atoms with E-state index in [1.165, 1.54) is 23.5 Å². The second-order valence-electron chi connectivity index (χ2n) is 6.54. The Bertz CT molecular complexity index is 941.